The standard InChI is InChI=1S/C26H31ClF3N7O5S/c1-25(2,3)42-24(38)36-9-7-16(8-10-36)37(43(39)40)19-11-14(5-6-20(19)41-4)21-17(26(28,29)30)12-15(13-18(21)27)32-23-33-22(31)34-35-23/h5-6,11-13,16H,7-10H2,1-4H3,(H,39,40)(H4,31,32,33,34,35)/p-1. The summed E-state index contributed by atoms with van der Waals surface area (Å²) in [5.74, 6) is 0.0167. The molecule has 1 saturated heterocycles. The number of nitrogen functional groups attached to an aromatic ring is 1. The highest BCUT2D eigenvalue weighted by Gasteiger charge is 2.36. The van der Waals surface area contributed by atoms with Gasteiger partial charge in [-0.15, -0.1) is 5.10 Å². The first kappa shape index (κ1) is 32.2. The maximum absolute atomic E-state index is 14.3. The lowest BCUT2D eigenvalue weighted by molar-refractivity contribution is -0.137. The van der Waals surface area contributed by atoms with E-state index in [1.165, 1.54) is 36.3 Å². The number of carbonyl (C=O) groups excluding carboxylic acids is 1. The number of methoxy groups -OCH3 is 1. The Morgan fingerprint density at radius 1 is 1.23 bits per heavy atom. The Hall–Kier alpha value is -3.76. The van der Waals surface area contributed by atoms with Crippen molar-refractivity contribution in [2.24, 2.45) is 0 Å². The van der Waals surface area contributed by atoms with Crippen LogP contribution >= 0.6 is 11.6 Å². The van der Waals surface area contributed by atoms with E-state index in [1.54, 1.807) is 20.8 Å². The number of aromatic nitrogens is 3. The number of benzene rings is 2. The molecule has 2 aromatic carbocycles. The molecule has 3 aromatic rings. The van der Waals surface area contributed by atoms with E-state index in [-0.39, 0.29) is 71.1 Å². The summed E-state index contributed by atoms with van der Waals surface area (Å²) in [6, 6.07) is 5.51. The molecule has 17 heteroatoms. The topological polar surface area (TPSA) is 162 Å². The van der Waals surface area contributed by atoms with E-state index in [1.807, 2.05) is 0 Å². The van der Waals surface area contributed by atoms with E-state index in [0.717, 1.165) is 10.4 Å². The fourth-order valence-corrected chi connectivity index (χ4v) is 5.77. The number of H-pyrrole nitrogens is 1. The number of hydrogen-bond acceptors (Lipinski definition) is 9. The van der Waals surface area contributed by atoms with Crippen molar-refractivity contribution in [2.75, 3.05) is 35.6 Å². The zero-order valence-electron chi connectivity index (χ0n) is 23.6. The number of halogens is 4. The highest BCUT2D eigenvalue weighted by atomic mass is 35.5. The van der Waals surface area contributed by atoms with Gasteiger partial charge in [0.15, 0.2) is 0 Å². The molecule has 1 atom stereocenters. The van der Waals surface area contributed by atoms with Crippen LogP contribution in [-0.4, -0.2) is 66.8 Å². The molecule has 4 N–H and O–H groups in total. The largest absolute Gasteiger partial charge is 0.755 e. The summed E-state index contributed by atoms with van der Waals surface area (Å²) < 4.78 is 80.0. The van der Waals surface area contributed by atoms with Crippen molar-refractivity contribution >= 4 is 52.2 Å². The minimum Gasteiger partial charge on any atom is -0.755 e. The third-order valence-electron chi connectivity index (χ3n) is 6.47. The molecule has 0 spiro atoms. The number of hydrogen-bond donors (Lipinski definition) is 3. The Labute approximate surface area is 253 Å². The average molecular weight is 645 g/mol. The zero-order valence-corrected chi connectivity index (χ0v) is 25.2. The lowest BCUT2D eigenvalue weighted by Crippen LogP contribution is -2.48. The van der Waals surface area contributed by atoms with Gasteiger partial charge >= 0.3 is 12.3 Å². The van der Waals surface area contributed by atoms with E-state index < -0.39 is 40.7 Å². The van der Waals surface area contributed by atoms with E-state index in [0.29, 0.717) is 0 Å². The van der Waals surface area contributed by atoms with Crippen molar-refractivity contribution in [3.05, 3.63) is 40.9 Å². The molecule has 4 rings (SSSR count). The number of nitrogens with two attached hydrogens (primary N) is 1. The first-order valence-corrected chi connectivity index (χ1v) is 14.4. The number of aromatic amines is 1. The average Bonchev–Trinajstić information content (AvgIpc) is 3.31. The number of amides is 1. The summed E-state index contributed by atoms with van der Waals surface area (Å²) in [6.07, 6.45) is -4.86. The zero-order chi connectivity index (χ0) is 31.7. The summed E-state index contributed by atoms with van der Waals surface area (Å²) in [4.78, 5) is 17.8. The van der Waals surface area contributed by atoms with Gasteiger partial charge in [-0.2, -0.15) is 18.2 Å². The molecular formula is C26H30ClF3N7O5S-. The third kappa shape index (κ3) is 7.61. The first-order chi connectivity index (χ1) is 20.1. The summed E-state index contributed by atoms with van der Waals surface area (Å²) in [7, 11) is 1.32. The Balaban J connectivity index is 1.70. The van der Waals surface area contributed by atoms with Crippen LogP contribution in [0.1, 0.15) is 39.2 Å². The van der Waals surface area contributed by atoms with Crippen LogP contribution in [0, 0.1) is 0 Å². The maximum Gasteiger partial charge on any atom is 0.417 e. The SMILES string of the molecule is COc1ccc(-c2c(Cl)cc(Nc3n[nH]c(N)n3)cc2C(F)(F)F)cc1N(C1CCN(C(=O)OC(C)(C)C)CC1)S(=O)[O-]. The number of piperidine rings is 1. The highest BCUT2D eigenvalue weighted by Crippen LogP contribution is 2.45. The molecule has 1 amide bonds. The van der Waals surface area contributed by atoms with Crippen LogP contribution in [-0.2, 0) is 22.2 Å². The van der Waals surface area contributed by atoms with Gasteiger partial charge in [0.05, 0.1) is 23.4 Å². The molecule has 1 aliphatic heterocycles. The lowest BCUT2D eigenvalue weighted by atomic mass is 9.97. The fourth-order valence-electron chi connectivity index (χ4n) is 4.68. The van der Waals surface area contributed by atoms with Gasteiger partial charge < -0.3 is 30.0 Å². The predicted octanol–water partition coefficient (Wildman–Crippen LogP) is 5.48. The molecule has 0 saturated carbocycles. The van der Waals surface area contributed by atoms with Crippen LogP contribution in [0.25, 0.3) is 11.1 Å². The molecule has 12 nitrogen and oxygen atoms in total. The van der Waals surface area contributed by atoms with Gasteiger partial charge in [-0.25, -0.2) is 9.89 Å². The Morgan fingerprint density at radius 2 is 1.91 bits per heavy atom. The van der Waals surface area contributed by atoms with Crippen molar-refractivity contribution in [1.82, 2.24) is 20.1 Å². The summed E-state index contributed by atoms with van der Waals surface area (Å²) in [5.41, 5.74) is 3.32. The number of alkyl halides is 3. The maximum atomic E-state index is 14.3. The fraction of sp³-hybridized carbons (Fsp3) is 0.423. The molecule has 43 heavy (non-hydrogen) atoms. The third-order valence-corrected chi connectivity index (χ3v) is 7.58. The molecule has 0 radical (unpaired) electrons. The second kappa shape index (κ2) is 12.5. The van der Waals surface area contributed by atoms with E-state index in [9.17, 15) is 26.7 Å². The van der Waals surface area contributed by atoms with Gasteiger partial charge in [-0.1, -0.05) is 17.7 Å². The van der Waals surface area contributed by atoms with Gasteiger partial charge in [0.2, 0.25) is 11.9 Å². The molecule has 1 fully saturated rings. The molecule has 234 valence electrons. The van der Waals surface area contributed by atoms with Gasteiger partial charge in [0.25, 0.3) is 0 Å². The second-order valence-electron chi connectivity index (χ2n) is 10.7. The van der Waals surface area contributed by atoms with Crippen molar-refractivity contribution in [1.29, 1.82) is 0 Å². The summed E-state index contributed by atoms with van der Waals surface area (Å²) in [6.45, 7) is 5.65. The van der Waals surface area contributed by atoms with E-state index >= 15 is 0 Å². The number of likely N-dealkylation sites (tertiary alicyclic amines) is 1. The summed E-state index contributed by atoms with van der Waals surface area (Å²) >= 11 is 3.58. The Morgan fingerprint density at radius 3 is 2.44 bits per heavy atom. The molecule has 1 aromatic heterocycles. The number of nitrogens with one attached hydrogen (secondary N) is 2. The van der Waals surface area contributed by atoms with Gasteiger partial charge in [0.1, 0.15) is 11.4 Å². The number of nitrogens with zero attached hydrogens (tertiary/aromatic N) is 4. The normalized spacial score (nSPS) is 15.2. The quantitative estimate of drug-likeness (QED) is 0.283. The van der Waals surface area contributed by atoms with Crippen LogP contribution in [0.2, 0.25) is 5.02 Å². The molecule has 0 aliphatic carbocycles. The van der Waals surface area contributed by atoms with E-state index in [4.69, 9.17) is 26.8 Å². The van der Waals surface area contributed by atoms with Gasteiger partial charge in [-0.3, -0.25) is 8.51 Å². The van der Waals surface area contributed by atoms with Crippen LogP contribution in [0.15, 0.2) is 30.3 Å². The minimum absolute atomic E-state index is 0.00320. The van der Waals surface area contributed by atoms with Crippen molar-refractivity contribution in [3.63, 3.8) is 0 Å². The van der Waals surface area contributed by atoms with Crippen molar-refractivity contribution in [2.45, 2.75) is 51.4 Å². The number of carbonyl (C=O) groups is 1. The Bertz CT molecular complexity index is 1510. The Kier molecular flexibility index (Phi) is 9.32. The monoisotopic (exact) mass is 644 g/mol. The van der Waals surface area contributed by atoms with Crippen LogP contribution in [0.4, 0.5) is 41.2 Å². The van der Waals surface area contributed by atoms with Crippen LogP contribution in [0.5, 0.6) is 5.75 Å². The van der Waals surface area contributed by atoms with Crippen molar-refractivity contribution < 1.29 is 36.2 Å². The predicted molar refractivity (Wildman–Crippen MR) is 155 cm³/mol. The number of rotatable bonds is 7. The highest BCUT2D eigenvalue weighted by molar-refractivity contribution is 7.80. The number of anilines is 4. The molecule has 1 aliphatic rings. The molecular weight excluding hydrogens is 615 g/mol. The molecule has 2 heterocycles. The second-order valence-corrected chi connectivity index (χ2v) is 11.9. The lowest BCUT2D eigenvalue weighted by Gasteiger charge is -2.40. The molecule has 1 unspecified atom stereocenters. The summed E-state index contributed by atoms with van der Waals surface area (Å²) in [5, 5.41) is 8.48. The number of ether oxygens (including phenoxy) is 2. The van der Waals surface area contributed by atoms with Crippen LogP contribution < -0.4 is 20.1 Å². The smallest absolute Gasteiger partial charge is 0.417 e. The molecule has 0 bridgehead atoms. The first-order valence-electron chi connectivity index (χ1n) is 13.0. The van der Waals surface area contributed by atoms with Gasteiger partial charge in [-0.05, 0) is 63.4 Å². The van der Waals surface area contributed by atoms with E-state index in [2.05, 4.69) is 20.5 Å². The van der Waals surface area contributed by atoms with Crippen LogP contribution in [0.3, 0.4) is 0 Å². The van der Waals surface area contributed by atoms with Gasteiger partial charge in [0, 0.05) is 41.6 Å². The minimum atomic E-state index is -4.84. The van der Waals surface area contributed by atoms with Crippen molar-refractivity contribution in [3.8, 4) is 16.9 Å².